The van der Waals surface area contributed by atoms with Crippen molar-refractivity contribution in [2.45, 2.75) is 38.6 Å². The smallest absolute Gasteiger partial charge is 0.323 e. The van der Waals surface area contributed by atoms with Crippen molar-refractivity contribution in [1.29, 1.82) is 0 Å². The number of carboxylic acids is 1. The first-order valence-electron chi connectivity index (χ1n) is 5.80. The second-order valence-corrected chi connectivity index (χ2v) is 4.32. The fourth-order valence-electron chi connectivity index (χ4n) is 1.93. The number of carbonyl (C=O) groups is 1. The summed E-state index contributed by atoms with van der Waals surface area (Å²) >= 11 is 0. The van der Waals surface area contributed by atoms with E-state index in [0.717, 1.165) is 6.42 Å². The molecule has 0 bridgehead atoms. The van der Waals surface area contributed by atoms with E-state index >= 15 is 0 Å². The molecule has 3 atom stereocenters. The summed E-state index contributed by atoms with van der Waals surface area (Å²) in [5.74, 6) is -0.615. The average molecular weight is 228 g/mol. The van der Waals surface area contributed by atoms with Gasteiger partial charge in [-0.25, -0.2) is 0 Å². The molecule has 0 amide bonds. The first-order valence-corrected chi connectivity index (χ1v) is 5.80. The predicted molar refractivity (Wildman–Crippen MR) is 66.0 cm³/mol. The second kappa shape index (κ2) is 6.66. The van der Waals surface area contributed by atoms with Crippen LogP contribution in [-0.4, -0.2) is 23.2 Å². The lowest BCUT2D eigenvalue weighted by molar-refractivity contribution is -0.144. The van der Waals surface area contributed by atoms with Gasteiger partial charge in [0.2, 0.25) is 0 Å². The van der Waals surface area contributed by atoms with Gasteiger partial charge in [-0.3, -0.25) is 4.79 Å². The van der Waals surface area contributed by atoms with Crippen molar-refractivity contribution in [2.24, 2.45) is 23.3 Å². The van der Waals surface area contributed by atoms with Crippen LogP contribution in [0.2, 0.25) is 0 Å². The Morgan fingerprint density at radius 1 is 1.56 bits per heavy atom. The van der Waals surface area contributed by atoms with Gasteiger partial charge in [-0.1, -0.05) is 26.3 Å². The van der Waals surface area contributed by atoms with E-state index in [2.05, 4.69) is 6.58 Å². The van der Waals surface area contributed by atoms with Crippen LogP contribution < -0.4 is 11.5 Å². The first kappa shape index (κ1) is 15.1. The third-order valence-electron chi connectivity index (χ3n) is 3.39. The Balaban J connectivity index is 4.74. The van der Waals surface area contributed by atoms with Crippen LogP contribution >= 0.6 is 0 Å². The van der Waals surface area contributed by atoms with Crippen molar-refractivity contribution in [3.8, 4) is 0 Å². The molecule has 0 aliphatic carbocycles. The van der Waals surface area contributed by atoms with Crippen LogP contribution in [-0.2, 0) is 4.79 Å². The van der Waals surface area contributed by atoms with Crippen LogP contribution in [0.5, 0.6) is 0 Å². The maximum atomic E-state index is 11.1. The van der Waals surface area contributed by atoms with Crippen molar-refractivity contribution < 1.29 is 9.90 Å². The van der Waals surface area contributed by atoms with Crippen LogP contribution in [0.15, 0.2) is 12.7 Å². The molecular formula is C12H24N2O2. The van der Waals surface area contributed by atoms with Crippen molar-refractivity contribution >= 4 is 5.97 Å². The number of rotatable bonds is 8. The fraction of sp³-hybridized carbons (Fsp3) is 0.750. The summed E-state index contributed by atoms with van der Waals surface area (Å²) in [7, 11) is 0. The number of hydrogen-bond acceptors (Lipinski definition) is 3. The number of carboxylic acid groups (broad SMARTS) is 1. The number of nitrogens with two attached hydrogens (primary N) is 2. The Morgan fingerprint density at radius 3 is 2.38 bits per heavy atom. The fourth-order valence-corrected chi connectivity index (χ4v) is 1.93. The molecule has 0 aromatic rings. The highest BCUT2D eigenvalue weighted by Crippen LogP contribution is 2.27. The van der Waals surface area contributed by atoms with Crippen molar-refractivity contribution in [2.75, 3.05) is 6.54 Å². The monoisotopic (exact) mass is 228 g/mol. The van der Waals surface area contributed by atoms with Crippen LogP contribution in [0.1, 0.15) is 33.1 Å². The molecule has 0 saturated carbocycles. The van der Waals surface area contributed by atoms with Gasteiger partial charge in [0.25, 0.3) is 0 Å². The maximum Gasteiger partial charge on any atom is 0.323 e. The molecule has 0 aromatic heterocycles. The molecule has 94 valence electrons. The quantitative estimate of drug-likeness (QED) is 0.547. The standard InChI is InChI=1S/C12H24N2O2/c1-4-9(10(5-2)8-13)7-12(14,6-3)11(15)16/h5,9-10H,2,4,6-8,13-14H2,1,3H3,(H,15,16)/t9?,10?,12-/m0/s1. The largest absolute Gasteiger partial charge is 0.480 e. The third-order valence-corrected chi connectivity index (χ3v) is 3.39. The van der Waals surface area contributed by atoms with Crippen molar-refractivity contribution in [3.63, 3.8) is 0 Å². The lowest BCUT2D eigenvalue weighted by atomic mass is 9.78. The average Bonchev–Trinajstić information content (AvgIpc) is 2.28. The molecule has 16 heavy (non-hydrogen) atoms. The van der Waals surface area contributed by atoms with Gasteiger partial charge in [0.15, 0.2) is 0 Å². The van der Waals surface area contributed by atoms with Crippen molar-refractivity contribution in [1.82, 2.24) is 0 Å². The van der Waals surface area contributed by atoms with E-state index in [-0.39, 0.29) is 11.8 Å². The predicted octanol–water partition coefficient (Wildman–Crippen LogP) is 1.36. The Hall–Kier alpha value is -0.870. The molecule has 4 nitrogen and oxygen atoms in total. The number of aliphatic carboxylic acids is 1. The molecule has 0 aliphatic rings. The Bertz CT molecular complexity index is 243. The molecule has 5 N–H and O–H groups in total. The Labute approximate surface area is 97.7 Å². The minimum atomic E-state index is -1.14. The van der Waals surface area contributed by atoms with E-state index in [4.69, 9.17) is 16.6 Å². The van der Waals surface area contributed by atoms with Gasteiger partial charge in [-0.05, 0) is 31.2 Å². The third kappa shape index (κ3) is 3.61. The van der Waals surface area contributed by atoms with Gasteiger partial charge < -0.3 is 16.6 Å². The van der Waals surface area contributed by atoms with Crippen LogP contribution in [0.3, 0.4) is 0 Å². The summed E-state index contributed by atoms with van der Waals surface area (Å²) in [4.78, 5) is 11.1. The molecule has 0 aliphatic heterocycles. The lowest BCUT2D eigenvalue weighted by Crippen LogP contribution is -2.49. The van der Waals surface area contributed by atoms with E-state index in [1.165, 1.54) is 0 Å². The van der Waals surface area contributed by atoms with Gasteiger partial charge in [0.1, 0.15) is 5.54 Å². The van der Waals surface area contributed by atoms with E-state index in [0.29, 0.717) is 19.4 Å². The van der Waals surface area contributed by atoms with Gasteiger partial charge in [0, 0.05) is 0 Å². The van der Waals surface area contributed by atoms with E-state index in [9.17, 15) is 4.79 Å². The maximum absolute atomic E-state index is 11.1. The molecule has 0 rings (SSSR count). The molecule has 0 fully saturated rings. The minimum Gasteiger partial charge on any atom is -0.480 e. The van der Waals surface area contributed by atoms with Gasteiger partial charge in [-0.15, -0.1) is 6.58 Å². The normalized spacial score (nSPS) is 18.5. The van der Waals surface area contributed by atoms with Crippen LogP contribution in [0.4, 0.5) is 0 Å². The second-order valence-electron chi connectivity index (χ2n) is 4.32. The minimum absolute atomic E-state index is 0.138. The Kier molecular flexibility index (Phi) is 6.29. The molecular weight excluding hydrogens is 204 g/mol. The first-order chi connectivity index (χ1) is 7.45. The highest BCUT2D eigenvalue weighted by Gasteiger charge is 2.35. The summed E-state index contributed by atoms with van der Waals surface area (Å²) < 4.78 is 0. The zero-order valence-corrected chi connectivity index (χ0v) is 10.3. The van der Waals surface area contributed by atoms with E-state index in [1.807, 2.05) is 6.92 Å². The molecule has 0 aromatic carbocycles. The van der Waals surface area contributed by atoms with Gasteiger partial charge in [0.05, 0.1) is 0 Å². The van der Waals surface area contributed by atoms with E-state index in [1.54, 1.807) is 13.0 Å². The molecule has 0 spiro atoms. The SMILES string of the molecule is C=CC(CN)C(CC)C[C@@](N)(CC)C(=O)O. The lowest BCUT2D eigenvalue weighted by Gasteiger charge is -2.31. The molecule has 2 unspecified atom stereocenters. The topological polar surface area (TPSA) is 89.3 Å². The zero-order chi connectivity index (χ0) is 12.8. The van der Waals surface area contributed by atoms with Crippen LogP contribution in [0, 0.1) is 11.8 Å². The van der Waals surface area contributed by atoms with Crippen LogP contribution in [0.25, 0.3) is 0 Å². The highest BCUT2D eigenvalue weighted by molar-refractivity contribution is 5.78. The molecule has 4 heteroatoms. The number of hydrogen-bond donors (Lipinski definition) is 3. The summed E-state index contributed by atoms with van der Waals surface area (Å²) in [6, 6.07) is 0. The summed E-state index contributed by atoms with van der Waals surface area (Å²) in [5, 5.41) is 9.12. The Morgan fingerprint density at radius 2 is 2.12 bits per heavy atom. The van der Waals surface area contributed by atoms with E-state index < -0.39 is 11.5 Å². The highest BCUT2D eigenvalue weighted by atomic mass is 16.4. The molecule has 0 saturated heterocycles. The molecule has 0 heterocycles. The zero-order valence-electron chi connectivity index (χ0n) is 10.3. The molecule has 0 radical (unpaired) electrons. The summed E-state index contributed by atoms with van der Waals surface area (Å²) in [6.45, 7) is 8.04. The van der Waals surface area contributed by atoms with Gasteiger partial charge in [-0.2, -0.15) is 0 Å². The summed E-state index contributed by atoms with van der Waals surface area (Å²) in [6.07, 6.45) is 3.53. The van der Waals surface area contributed by atoms with Gasteiger partial charge >= 0.3 is 5.97 Å². The summed E-state index contributed by atoms with van der Waals surface area (Å²) in [5.41, 5.74) is 10.4. The van der Waals surface area contributed by atoms with Crippen molar-refractivity contribution in [3.05, 3.63) is 12.7 Å².